The number of hydrogen-bond acceptors (Lipinski definition) is 6. The van der Waals surface area contributed by atoms with E-state index in [2.05, 4.69) is 35.8 Å². The molecule has 1 aliphatic rings. The van der Waals surface area contributed by atoms with Crippen LogP contribution in [0.4, 0.5) is 19.6 Å². The molecule has 0 atom stereocenters. The molecule has 4 bridgehead atoms. The molecule has 4 aromatic rings. The molecule has 0 amide bonds. The van der Waals surface area contributed by atoms with Crippen molar-refractivity contribution in [3.63, 3.8) is 0 Å². The second-order valence-electron chi connectivity index (χ2n) is 12.0. The Morgan fingerprint density at radius 1 is 0.977 bits per heavy atom. The van der Waals surface area contributed by atoms with Crippen molar-refractivity contribution in [3.05, 3.63) is 78.4 Å². The molecule has 3 aromatic carbocycles. The highest BCUT2D eigenvalue weighted by Gasteiger charge is 2.35. The SMILES string of the molecule is CC(C)(C)CCOc1cccc(-c2sc3nc2-c2ccccc2C(F)(F)CCCCCNc2cccc(c2)S(=O)(=O)N3)c1. The van der Waals surface area contributed by atoms with Crippen LogP contribution in [0.15, 0.2) is 77.7 Å². The number of ether oxygens (including phenoxy) is 1. The maximum absolute atomic E-state index is 15.8. The summed E-state index contributed by atoms with van der Waals surface area (Å²) in [6, 6.07) is 20.3. The van der Waals surface area contributed by atoms with Crippen molar-refractivity contribution in [1.29, 1.82) is 0 Å². The number of rotatable bonds is 4. The number of nitrogens with one attached hydrogen (secondary N) is 2. The predicted octanol–water partition coefficient (Wildman–Crippen LogP) is 9.17. The van der Waals surface area contributed by atoms with Crippen molar-refractivity contribution in [2.45, 2.75) is 63.7 Å². The van der Waals surface area contributed by atoms with E-state index in [1.807, 2.05) is 24.3 Å². The van der Waals surface area contributed by atoms with Crippen LogP contribution in [0.25, 0.3) is 21.7 Å². The Labute approximate surface area is 256 Å². The van der Waals surface area contributed by atoms with Gasteiger partial charge in [-0.2, -0.15) is 0 Å². The summed E-state index contributed by atoms with van der Waals surface area (Å²) >= 11 is 1.11. The molecule has 2 N–H and O–H groups in total. The van der Waals surface area contributed by atoms with Crippen LogP contribution in [-0.4, -0.2) is 26.6 Å². The highest BCUT2D eigenvalue weighted by atomic mass is 32.2. The average molecular weight is 626 g/mol. The van der Waals surface area contributed by atoms with E-state index in [4.69, 9.17) is 4.74 Å². The van der Waals surface area contributed by atoms with Gasteiger partial charge in [0.15, 0.2) is 5.13 Å². The zero-order valence-electron chi connectivity index (χ0n) is 24.6. The lowest BCUT2D eigenvalue weighted by Crippen LogP contribution is -2.15. The fraction of sp³-hybridized carbons (Fsp3) is 0.364. The third-order valence-corrected chi connectivity index (χ3v) is 9.77. The summed E-state index contributed by atoms with van der Waals surface area (Å²) < 4.78 is 67.1. The third kappa shape index (κ3) is 7.72. The van der Waals surface area contributed by atoms with Crippen LogP contribution in [0.2, 0.25) is 0 Å². The minimum atomic E-state index is -4.01. The number of benzene rings is 3. The monoisotopic (exact) mass is 625 g/mol. The quantitative estimate of drug-likeness (QED) is 0.236. The number of nitrogens with zero attached hydrogens (tertiary/aromatic N) is 1. The molecule has 0 saturated heterocycles. The van der Waals surface area contributed by atoms with Gasteiger partial charge in [-0.3, -0.25) is 4.72 Å². The molecule has 1 aromatic heterocycles. The first-order valence-corrected chi connectivity index (χ1v) is 16.8. The summed E-state index contributed by atoms with van der Waals surface area (Å²) in [5, 5.41) is 3.30. The number of anilines is 2. The van der Waals surface area contributed by atoms with Crippen LogP contribution in [0.3, 0.4) is 0 Å². The van der Waals surface area contributed by atoms with E-state index < -0.39 is 15.9 Å². The standard InChI is InChI=1S/C33H37F2N3O3S2/c1-32(2,3)18-20-41-25-13-9-11-23(21-25)30-29-27-15-5-6-16-28(27)33(34,35)17-7-4-8-19-36-24-12-10-14-26(22-24)43(39,40)38-31(37-29)42-30/h5-6,9-16,21-22,36H,4,7-8,17-20H2,1-3H3,(H,37,38). The number of sulfonamides is 1. The van der Waals surface area contributed by atoms with Gasteiger partial charge in [-0.1, -0.05) is 81.0 Å². The summed E-state index contributed by atoms with van der Waals surface area (Å²) in [5.41, 5.74) is 1.90. The van der Waals surface area contributed by atoms with E-state index >= 15 is 8.78 Å². The molecule has 1 aliphatic heterocycles. The lowest BCUT2D eigenvalue weighted by Gasteiger charge is -2.20. The molecule has 0 saturated carbocycles. The number of aromatic nitrogens is 1. The second-order valence-corrected chi connectivity index (χ2v) is 14.7. The van der Waals surface area contributed by atoms with Crippen LogP contribution in [0, 0.1) is 5.41 Å². The number of alkyl halides is 2. The lowest BCUT2D eigenvalue weighted by molar-refractivity contribution is -0.0151. The molecular formula is C33H37F2N3O3S2. The summed E-state index contributed by atoms with van der Waals surface area (Å²) in [4.78, 5) is 5.29. The van der Waals surface area contributed by atoms with Crippen LogP contribution in [0.5, 0.6) is 5.75 Å². The lowest BCUT2D eigenvalue weighted by atomic mass is 9.93. The van der Waals surface area contributed by atoms with Crippen molar-refractivity contribution >= 4 is 32.2 Å². The Balaban J connectivity index is 1.62. The van der Waals surface area contributed by atoms with E-state index in [-0.39, 0.29) is 33.0 Å². The summed E-state index contributed by atoms with van der Waals surface area (Å²) in [5.74, 6) is -2.45. The van der Waals surface area contributed by atoms with Crippen LogP contribution >= 0.6 is 11.3 Å². The van der Waals surface area contributed by atoms with Crippen LogP contribution in [-0.2, 0) is 15.9 Å². The van der Waals surface area contributed by atoms with Gasteiger partial charge >= 0.3 is 0 Å². The first kappa shape index (κ1) is 30.9. The van der Waals surface area contributed by atoms with Crippen molar-refractivity contribution in [3.8, 4) is 27.4 Å². The summed E-state index contributed by atoms with van der Waals surface area (Å²) in [7, 11) is -4.01. The fourth-order valence-corrected chi connectivity index (χ4v) is 7.17. The van der Waals surface area contributed by atoms with E-state index in [1.165, 1.54) is 12.1 Å². The van der Waals surface area contributed by atoms with Crippen molar-refractivity contribution < 1.29 is 21.9 Å². The zero-order valence-corrected chi connectivity index (χ0v) is 26.3. The maximum atomic E-state index is 15.8. The predicted molar refractivity (Wildman–Crippen MR) is 171 cm³/mol. The van der Waals surface area contributed by atoms with E-state index in [1.54, 1.807) is 36.4 Å². The average Bonchev–Trinajstić information content (AvgIpc) is 3.37. The topological polar surface area (TPSA) is 80.3 Å². The van der Waals surface area contributed by atoms with Gasteiger partial charge in [0.25, 0.3) is 15.9 Å². The summed E-state index contributed by atoms with van der Waals surface area (Å²) in [6.07, 6.45) is 2.20. The van der Waals surface area contributed by atoms with E-state index in [9.17, 15) is 8.42 Å². The smallest absolute Gasteiger partial charge is 0.273 e. The first-order chi connectivity index (χ1) is 20.4. The van der Waals surface area contributed by atoms with Gasteiger partial charge in [-0.15, -0.1) is 0 Å². The normalized spacial score (nSPS) is 16.7. The van der Waals surface area contributed by atoms with Gasteiger partial charge in [0.2, 0.25) is 0 Å². The number of halogens is 2. The molecular weight excluding hydrogens is 589 g/mol. The molecule has 0 fully saturated rings. The Hall–Kier alpha value is -3.50. The second kappa shape index (κ2) is 12.6. The highest BCUT2D eigenvalue weighted by molar-refractivity contribution is 7.93. The highest BCUT2D eigenvalue weighted by Crippen LogP contribution is 2.46. The number of thiazole rings is 1. The van der Waals surface area contributed by atoms with Gasteiger partial charge < -0.3 is 10.1 Å². The number of hydrogen-bond donors (Lipinski definition) is 2. The third-order valence-electron chi connectivity index (χ3n) is 7.28. The van der Waals surface area contributed by atoms with Crippen molar-refractivity contribution in [2.75, 3.05) is 23.2 Å². The first-order valence-electron chi connectivity index (χ1n) is 14.5. The summed E-state index contributed by atoms with van der Waals surface area (Å²) in [6.45, 7) is 7.51. The van der Waals surface area contributed by atoms with Gasteiger partial charge in [-0.25, -0.2) is 22.2 Å². The van der Waals surface area contributed by atoms with E-state index in [0.29, 0.717) is 60.0 Å². The largest absolute Gasteiger partial charge is 0.494 e. The Bertz CT molecular complexity index is 1680. The molecule has 0 aliphatic carbocycles. The van der Waals surface area contributed by atoms with Crippen molar-refractivity contribution in [2.24, 2.45) is 5.41 Å². The molecule has 228 valence electrons. The molecule has 0 radical (unpaired) electrons. The van der Waals surface area contributed by atoms with Gasteiger partial charge in [-0.05, 0) is 60.6 Å². The molecule has 10 heteroatoms. The van der Waals surface area contributed by atoms with Gasteiger partial charge in [0.05, 0.1) is 22.1 Å². The van der Waals surface area contributed by atoms with Crippen LogP contribution < -0.4 is 14.8 Å². The van der Waals surface area contributed by atoms with Gasteiger partial charge in [0.1, 0.15) is 5.75 Å². The molecule has 2 heterocycles. The Morgan fingerprint density at radius 3 is 2.58 bits per heavy atom. The number of fused-ring (bicyclic) bond motifs is 6. The van der Waals surface area contributed by atoms with Crippen molar-refractivity contribution in [1.82, 2.24) is 4.98 Å². The zero-order chi connectivity index (χ0) is 30.7. The van der Waals surface area contributed by atoms with Crippen LogP contribution in [0.1, 0.15) is 58.4 Å². The molecule has 43 heavy (non-hydrogen) atoms. The molecule has 5 rings (SSSR count). The maximum Gasteiger partial charge on any atom is 0.273 e. The minimum Gasteiger partial charge on any atom is -0.494 e. The van der Waals surface area contributed by atoms with Gasteiger partial charge in [0, 0.05) is 29.8 Å². The molecule has 6 nitrogen and oxygen atoms in total. The minimum absolute atomic E-state index is 0.0845. The molecule has 0 unspecified atom stereocenters. The Kier molecular flexibility index (Phi) is 9.08. The Morgan fingerprint density at radius 2 is 1.77 bits per heavy atom. The van der Waals surface area contributed by atoms with E-state index in [0.717, 1.165) is 17.8 Å². The molecule has 0 spiro atoms. The fourth-order valence-electron chi connectivity index (χ4n) is 4.92.